The van der Waals surface area contributed by atoms with Crippen LogP contribution in [-0.4, -0.2) is 22.3 Å². The molecule has 4 heteroatoms. The molecule has 0 saturated heterocycles. The third-order valence-electron chi connectivity index (χ3n) is 2.77. The maximum Gasteiger partial charge on any atom is 0.335 e. The van der Waals surface area contributed by atoms with Gasteiger partial charge < -0.3 is 9.84 Å². The van der Waals surface area contributed by atoms with E-state index in [-0.39, 0.29) is 5.97 Å². The van der Waals surface area contributed by atoms with Gasteiger partial charge in [-0.1, -0.05) is 6.08 Å². The van der Waals surface area contributed by atoms with E-state index in [2.05, 4.69) is 29.2 Å². The molecule has 1 heterocycles. The topological polar surface area (TPSA) is 46.5 Å². The number of allylic oxidation sites excluding steroid dienone is 1. The number of halogens is 1. The molecular formula is C14H19IO3. The maximum absolute atomic E-state index is 11.8. The Hall–Kier alpha value is -0.620. The fourth-order valence-electron chi connectivity index (χ4n) is 1.72. The first-order valence-electron chi connectivity index (χ1n) is 5.77. The highest BCUT2D eigenvalue weighted by Gasteiger charge is 2.39. The highest BCUT2D eigenvalue weighted by molar-refractivity contribution is 14.1. The average Bonchev–Trinajstić information content (AvgIpc) is 2.39. The minimum atomic E-state index is -0.922. The molecule has 1 rings (SSSR count). The fraction of sp³-hybridized carbons (Fsp3) is 0.500. The van der Waals surface area contributed by atoms with Gasteiger partial charge in [-0.15, -0.1) is 6.58 Å². The SMILES string of the molecule is C=CCC1=C(/C=C(\I)C(C)(C)O)C(C)(C)OC1=O. The van der Waals surface area contributed by atoms with Crippen LogP contribution in [0, 0.1) is 0 Å². The van der Waals surface area contributed by atoms with E-state index in [9.17, 15) is 9.90 Å². The van der Waals surface area contributed by atoms with E-state index in [1.165, 1.54) is 0 Å². The van der Waals surface area contributed by atoms with Gasteiger partial charge in [-0.05, 0) is 62.8 Å². The molecule has 0 fully saturated rings. The quantitative estimate of drug-likeness (QED) is 0.474. The highest BCUT2D eigenvalue weighted by Crippen LogP contribution is 2.37. The Kier molecular flexibility index (Phi) is 4.43. The summed E-state index contributed by atoms with van der Waals surface area (Å²) in [6.07, 6.45) is 4.00. The Morgan fingerprint density at radius 2 is 2.11 bits per heavy atom. The van der Waals surface area contributed by atoms with Gasteiger partial charge in [0, 0.05) is 14.7 Å². The highest BCUT2D eigenvalue weighted by atomic mass is 127. The van der Waals surface area contributed by atoms with Crippen LogP contribution in [-0.2, 0) is 9.53 Å². The van der Waals surface area contributed by atoms with Crippen LogP contribution in [0.2, 0.25) is 0 Å². The van der Waals surface area contributed by atoms with Crippen LogP contribution in [0.4, 0.5) is 0 Å². The van der Waals surface area contributed by atoms with Crippen molar-refractivity contribution in [3.63, 3.8) is 0 Å². The molecule has 0 radical (unpaired) electrons. The molecule has 0 unspecified atom stereocenters. The van der Waals surface area contributed by atoms with Gasteiger partial charge in [-0.3, -0.25) is 0 Å². The third-order valence-corrected chi connectivity index (χ3v) is 4.40. The molecule has 0 amide bonds. The van der Waals surface area contributed by atoms with Gasteiger partial charge in [0.2, 0.25) is 0 Å². The first-order valence-corrected chi connectivity index (χ1v) is 6.85. The molecule has 0 atom stereocenters. The lowest BCUT2D eigenvalue weighted by atomic mass is 9.92. The lowest BCUT2D eigenvalue weighted by Crippen LogP contribution is -2.24. The van der Waals surface area contributed by atoms with Crippen LogP contribution in [0.3, 0.4) is 0 Å². The second-order valence-electron chi connectivity index (χ2n) is 5.34. The Labute approximate surface area is 122 Å². The summed E-state index contributed by atoms with van der Waals surface area (Å²) < 4.78 is 6.12. The van der Waals surface area contributed by atoms with Gasteiger partial charge >= 0.3 is 5.97 Å². The van der Waals surface area contributed by atoms with Crippen molar-refractivity contribution in [1.82, 2.24) is 0 Å². The maximum atomic E-state index is 11.8. The summed E-state index contributed by atoms with van der Waals surface area (Å²) >= 11 is 2.08. The van der Waals surface area contributed by atoms with Crippen molar-refractivity contribution in [2.24, 2.45) is 0 Å². The number of carbonyl (C=O) groups is 1. The van der Waals surface area contributed by atoms with E-state index in [1.807, 2.05) is 19.9 Å². The molecule has 0 spiro atoms. The molecule has 0 aliphatic carbocycles. The van der Waals surface area contributed by atoms with E-state index in [0.29, 0.717) is 12.0 Å². The number of hydrogen-bond donors (Lipinski definition) is 1. The fourth-order valence-corrected chi connectivity index (χ4v) is 2.03. The Balaban J connectivity index is 3.30. The summed E-state index contributed by atoms with van der Waals surface area (Å²) in [6, 6.07) is 0. The molecule has 1 N–H and O–H groups in total. The first kappa shape index (κ1) is 15.4. The van der Waals surface area contributed by atoms with Crippen LogP contribution in [0.25, 0.3) is 0 Å². The lowest BCUT2D eigenvalue weighted by Gasteiger charge is -2.22. The van der Waals surface area contributed by atoms with Gasteiger partial charge in [-0.25, -0.2) is 4.79 Å². The van der Waals surface area contributed by atoms with E-state index in [0.717, 1.165) is 9.15 Å². The van der Waals surface area contributed by atoms with Crippen molar-refractivity contribution in [2.75, 3.05) is 0 Å². The van der Waals surface area contributed by atoms with Crippen molar-refractivity contribution in [3.8, 4) is 0 Å². The summed E-state index contributed by atoms with van der Waals surface area (Å²) in [4.78, 5) is 11.8. The van der Waals surface area contributed by atoms with Gasteiger partial charge in [0.25, 0.3) is 0 Å². The van der Waals surface area contributed by atoms with E-state index >= 15 is 0 Å². The van der Waals surface area contributed by atoms with Gasteiger partial charge in [-0.2, -0.15) is 0 Å². The zero-order valence-electron chi connectivity index (χ0n) is 11.2. The summed E-state index contributed by atoms with van der Waals surface area (Å²) in [7, 11) is 0. The van der Waals surface area contributed by atoms with Gasteiger partial charge in [0.15, 0.2) is 0 Å². The molecule has 100 valence electrons. The number of aliphatic hydroxyl groups is 1. The van der Waals surface area contributed by atoms with Crippen LogP contribution in [0.5, 0.6) is 0 Å². The van der Waals surface area contributed by atoms with Crippen molar-refractivity contribution in [3.05, 3.63) is 33.5 Å². The predicted molar refractivity (Wildman–Crippen MR) is 80.4 cm³/mol. The van der Waals surface area contributed by atoms with Crippen molar-refractivity contribution in [1.29, 1.82) is 0 Å². The second-order valence-corrected chi connectivity index (χ2v) is 6.50. The largest absolute Gasteiger partial charge is 0.451 e. The van der Waals surface area contributed by atoms with Crippen LogP contribution in [0.1, 0.15) is 34.1 Å². The molecule has 0 aromatic carbocycles. The molecule has 0 bridgehead atoms. The van der Waals surface area contributed by atoms with Gasteiger partial charge in [0.1, 0.15) is 5.60 Å². The smallest absolute Gasteiger partial charge is 0.335 e. The minimum absolute atomic E-state index is 0.300. The zero-order chi connectivity index (χ0) is 14.1. The van der Waals surface area contributed by atoms with Crippen LogP contribution < -0.4 is 0 Å². The number of rotatable bonds is 4. The molecule has 18 heavy (non-hydrogen) atoms. The number of cyclic esters (lactones) is 1. The van der Waals surface area contributed by atoms with Gasteiger partial charge in [0.05, 0.1) is 5.60 Å². The lowest BCUT2D eigenvalue weighted by molar-refractivity contribution is -0.144. The van der Waals surface area contributed by atoms with Crippen LogP contribution in [0.15, 0.2) is 33.5 Å². The average molecular weight is 362 g/mol. The molecule has 0 saturated carbocycles. The van der Waals surface area contributed by atoms with E-state index in [1.54, 1.807) is 19.9 Å². The zero-order valence-corrected chi connectivity index (χ0v) is 13.4. The molecule has 0 aromatic heterocycles. The minimum Gasteiger partial charge on any atom is -0.451 e. The number of carbonyl (C=O) groups excluding carboxylic acids is 1. The third kappa shape index (κ3) is 3.23. The molecule has 0 aromatic rings. The standard InChI is InChI=1S/C14H19IO3/c1-6-7-9-10(8-11(15)13(2,3)17)14(4,5)18-12(9)16/h6,8,17H,1,7H2,2-5H3/b11-8-. The molecular weight excluding hydrogens is 343 g/mol. The van der Waals surface area contributed by atoms with Crippen LogP contribution >= 0.6 is 22.6 Å². The van der Waals surface area contributed by atoms with Crippen molar-refractivity contribution in [2.45, 2.75) is 45.3 Å². The molecule has 1 aliphatic rings. The Morgan fingerprint density at radius 1 is 1.56 bits per heavy atom. The summed E-state index contributed by atoms with van der Waals surface area (Å²) in [5.74, 6) is -0.300. The summed E-state index contributed by atoms with van der Waals surface area (Å²) in [6.45, 7) is 10.8. The summed E-state index contributed by atoms with van der Waals surface area (Å²) in [5.41, 5.74) is -0.140. The Morgan fingerprint density at radius 3 is 2.56 bits per heavy atom. The normalized spacial score (nSPS) is 20.1. The van der Waals surface area contributed by atoms with E-state index < -0.39 is 11.2 Å². The first-order chi connectivity index (χ1) is 8.09. The van der Waals surface area contributed by atoms with Crippen molar-refractivity contribution >= 4 is 28.6 Å². The monoisotopic (exact) mass is 362 g/mol. The number of ether oxygens (including phenoxy) is 1. The summed E-state index contributed by atoms with van der Waals surface area (Å²) in [5, 5.41) is 9.95. The number of hydrogen-bond acceptors (Lipinski definition) is 3. The molecule has 1 aliphatic heterocycles. The Bertz CT molecular complexity index is 436. The predicted octanol–water partition coefficient (Wildman–Crippen LogP) is 3.28. The second kappa shape index (κ2) is 5.17. The van der Waals surface area contributed by atoms with E-state index in [4.69, 9.17) is 4.74 Å². The van der Waals surface area contributed by atoms with Crippen molar-refractivity contribution < 1.29 is 14.6 Å². The molecule has 3 nitrogen and oxygen atoms in total. The number of esters is 1.